The Morgan fingerprint density at radius 3 is 2.50 bits per heavy atom. The molecular formula is C31H28Cl2N2O5. The van der Waals surface area contributed by atoms with Gasteiger partial charge in [-0.2, -0.15) is 5.10 Å². The number of methoxy groups -OCH3 is 2. The van der Waals surface area contributed by atoms with Gasteiger partial charge in [0.25, 0.3) is 5.91 Å². The van der Waals surface area contributed by atoms with Crippen molar-refractivity contribution in [3.8, 4) is 11.5 Å². The molecule has 0 spiro atoms. The Balaban J connectivity index is 1.44. The molecule has 9 heteroatoms. The Kier molecular flexibility index (Phi) is 8.43. The molecule has 40 heavy (non-hydrogen) atoms. The lowest BCUT2D eigenvalue weighted by Crippen LogP contribution is -2.34. The third kappa shape index (κ3) is 5.71. The van der Waals surface area contributed by atoms with Crippen molar-refractivity contribution in [3.63, 3.8) is 0 Å². The summed E-state index contributed by atoms with van der Waals surface area (Å²) in [6.45, 7) is -0.486. The number of hydrogen-bond donors (Lipinski definition) is 0. The van der Waals surface area contributed by atoms with Gasteiger partial charge in [-0.25, -0.2) is 9.80 Å². The second-order valence-electron chi connectivity index (χ2n) is 9.56. The van der Waals surface area contributed by atoms with Crippen molar-refractivity contribution in [1.29, 1.82) is 0 Å². The predicted octanol–water partition coefficient (Wildman–Crippen LogP) is 6.99. The van der Waals surface area contributed by atoms with Gasteiger partial charge in [-0.15, -0.1) is 0 Å². The molecule has 1 heterocycles. The molecule has 206 valence electrons. The molecule has 1 aliphatic heterocycles. The van der Waals surface area contributed by atoms with Crippen molar-refractivity contribution in [3.05, 3.63) is 99.0 Å². The number of hydrogen-bond acceptors (Lipinski definition) is 6. The number of benzene rings is 3. The second-order valence-corrected chi connectivity index (χ2v) is 10.4. The molecule has 2 atom stereocenters. The van der Waals surface area contributed by atoms with Crippen molar-refractivity contribution in [2.45, 2.75) is 25.3 Å². The van der Waals surface area contributed by atoms with Crippen LogP contribution in [-0.4, -0.2) is 43.4 Å². The number of carbonyl (C=O) groups is 2. The standard InChI is InChI=1S/C31H28Cl2N2O5/c1-38-26-11-5-10-25(30(26)39-2)31(37)40-18-27(36)35-29(20-12-14-22(32)15-13-20)24-9-4-7-21(28(24)34-35)16-19-6-3-8-23(33)17-19/h3,5-6,8,10-17,24,29H,4,7,9,18H2,1-2H3. The fourth-order valence-electron chi connectivity index (χ4n) is 5.32. The summed E-state index contributed by atoms with van der Waals surface area (Å²) in [5.41, 5.74) is 3.97. The van der Waals surface area contributed by atoms with Crippen LogP contribution in [0.15, 0.2) is 77.4 Å². The van der Waals surface area contributed by atoms with E-state index in [4.69, 9.17) is 42.5 Å². The summed E-state index contributed by atoms with van der Waals surface area (Å²) in [4.78, 5) is 26.5. The maximum atomic E-state index is 13.6. The average molecular weight is 579 g/mol. The summed E-state index contributed by atoms with van der Waals surface area (Å²) in [6.07, 6.45) is 4.73. The van der Waals surface area contributed by atoms with Gasteiger partial charge in [-0.1, -0.05) is 53.5 Å². The topological polar surface area (TPSA) is 77.4 Å². The molecular weight excluding hydrogens is 551 g/mol. The van der Waals surface area contributed by atoms with E-state index in [2.05, 4.69) is 6.08 Å². The fraction of sp³-hybridized carbons (Fsp3) is 0.258. The molecule has 0 N–H and O–H groups in total. The summed E-state index contributed by atoms with van der Waals surface area (Å²) in [5, 5.41) is 7.54. The molecule has 2 aliphatic rings. The zero-order valence-corrected chi connectivity index (χ0v) is 23.6. The summed E-state index contributed by atoms with van der Waals surface area (Å²) in [5.74, 6) is -0.513. The molecule has 5 rings (SSSR count). The van der Waals surface area contributed by atoms with Crippen LogP contribution < -0.4 is 9.47 Å². The average Bonchev–Trinajstić information content (AvgIpc) is 3.36. The summed E-state index contributed by atoms with van der Waals surface area (Å²) >= 11 is 12.4. The molecule has 1 amide bonds. The Bertz CT molecular complexity index is 1490. The first kappa shape index (κ1) is 27.7. The van der Waals surface area contributed by atoms with E-state index in [1.807, 2.05) is 36.4 Å². The van der Waals surface area contributed by atoms with E-state index in [9.17, 15) is 9.59 Å². The van der Waals surface area contributed by atoms with Gasteiger partial charge in [0, 0.05) is 16.0 Å². The quantitative estimate of drug-likeness (QED) is 0.282. The molecule has 1 aliphatic carbocycles. The summed E-state index contributed by atoms with van der Waals surface area (Å²) in [6, 6.07) is 19.6. The first-order valence-electron chi connectivity index (χ1n) is 12.9. The van der Waals surface area contributed by atoms with Gasteiger partial charge in [-0.05, 0) is 78.4 Å². The molecule has 1 fully saturated rings. The van der Waals surface area contributed by atoms with Gasteiger partial charge < -0.3 is 14.2 Å². The van der Waals surface area contributed by atoms with E-state index in [1.54, 1.807) is 30.3 Å². The smallest absolute Gasteiger partial charge is 0.342 e. The zero-order chi connectivity index (χ0) is 28.2. The third-order valence-corrected chi connectivity index (χ3v) is 7.59. The van der Waals surface area contributed by atoms with Gasteiger partial charge in [0.2, 0.25) is 0 Å². The van der Waals surface area contributed by atoms with E-state index in [1.165, 1.54) is 19.2 Å². The van der Waals surface area contributed by atoms with Gasteiger partial charge in [-0.3, -0.25) is 4.79 Å². The van der Waals surface area contributed by atoms with Crippen LogP contribution in [0.25, 0.3) is 6.08 Å². The van der Waals surface area contributed by atoms with Crippen LogP contribution in [0.4, 0.5) is 0 Å². The molecule has 0 bridgehead atoms. The number of halogens is 2. The number of amides is 1. The molecule has 3 aromatic rings. The Labute approximate surface area is 242 Å². The highest BCUT2D eigenvalue weighted by molar-refractivity contribution is 6.31. The first-order valence-corrected chi connectivity index (χ1v) is 13.7. The van der Waals surface area contributed by atoms with Crippen molar-refractivity contribution >= 4 is 46.9 Å². The highest BCUT2D eigenvalue weighted by Crippen LogP contribution is 2.44. The number of esters is 1. The summed E-state index contributed by atoms with van der Waals surface area (Å²) in [7, 11) is 2.92. The maximum Gasteiger partial charge on any atom is 0.342 e. The first-order chi connectivity index (χ1) is 19.4. The van der Waals surface area contributed by atoms with Gasteiger partial charge in [0.1, 0.15) is 5.56 Å². The van der Waals surface area contributed by atoms with Crippen molar-refractivity contribution < 1.29 is 23.8 Å². The molecule has 0 radical (unpaired) electrons. The number of para-hydroxylation sites is 1. The number of hydrazone groups is 1. The van der Waals surface area contributed by atoms with Crippen LogP contribution in [0.5, 0.6) is 11.5 Å². The van der Waals surface area contributed by atoms with Crippen molar-refractivity contribution in [2.75, 3.05) is 20.8 Å². The number of carbonyl (C=O) groups excluding carboxylic acids is 2. The Morgan fingerprint density at radius 2 is 1.77 bits per heavy atom. The molecule has 7 nitrogen and oxygen atoms in total. The largest absolute Gasteiger partial charge is 0.493 e. The molecule has 0 aromatic heterocycles. The highest BCUT2D eigenvalue weighted by atomic mass is 35.5. The van der Waals surface area contributed by atoms with Gasteiger partial charge in [0.15, 0.2) is 18.1 Å². The Hall–Kier alpha value is -3.81. The van der Waals surface area contributed by atoms with E-state index in [0.29, 0.717) is 15.8 Å². The van der Waals surface area contributed by atoms with Gasteiger partial charge >= 0.3 is 5.97 Å². The Morgan fingerprint density at radius 1 is 1.00 bits per heavy atom. The predicted molar refractivity (Wildman–Crippen MR) is 155 cm³/mol. The number of allylic oxidation sites excluding steroid dienone is 1. The third-order valence-electron chi connectivity index (χ3n) is 7.11. The summed E-state index contributed by atoms with van der Waals surface area (Å²) < 4.78 is 16.1. The van der Waals surface area contributed by atoms with E-state index < -0.39 is 18.5 Å². The number of fused-ring (bicyclic) bond motifs is 1. The number of nitrogens with zero attached hydrogens (tertiary/aromatic N) is 2. The maximum absolute atomic E-state index is 13.6. The minimum Gasteiger partial charge on any atom is -0.493 e. The van der Waals surface area contributed by atoms with Crippen molar-refractivity contribution in [2.24, 2.45) is 11.0 Å². The second kappa shape index (κ2) is 12.1. The van der Waals surface area contributed by atoms with Crippen LogP contribution in [0.1, 0.15) is 46.8 Å². The minimum absolute atomic E-state index is 0.0153. The van der Waals surface area contributed by atoms with Crippen LogP contribution in [0, 0.1) is 5.92 Å². The zero-order valence-electron chi connectivity index (χ0n) is 22.1. The lowest BCUT2D eigenvalue weighted by atomic mass is 9.77. The van der Waals surface area contributed by atoms with E-state index >= 15 is 0 Å². The number of rotatable bonds is 7. The lowest BCUT2D eigenvalue weighted by molar-refractivity contribution is -0.137. The minimum atomic E-state index is -0.696. The molecule has 3 aromatic carbocycles. The molecule has 2 unspecified atom stereocenters. The van der Waals surface area contributed by atoms with Crippen LogP contribution in [0.3, 0.4) is 0 Å². The highest BCUT2D eigenvalue weighted by Gasteiger charge is 2.44. The van der Waals surface area contributed by atoms with E-state index in [0.717, 1.165) is 41.7 Å². The SMILES string of the molecule is COc1cccc(C(=O)OCC(=O)N2N=C3C(=Cc4cccc(Cl)c4)CCCC3C2c2ccc(Cl)cc2)c1OC. The fourth-order valence-corrected chi connectivity index (χ4v) is 5.64. The van der Waals surface area contributed by atoms with Crippen molar-refractivity contribution in [1.82, 2.24) is 5.01 Å². The van der Waals surface area contributed by atoms with Gasteiger partial charge in [0.05, 0.1) is 26.0 Å². The normalized spacial score (nSPS) is 19.1. The van der Waals surface area contributed by atoms with Crippen LogP contribution in [-0.2, 0) is 9.53 Å². The molecule has 0 saturated heterocycles. The van der Waals surface area contributed by atoms with Crippen LogP contribution >= 0.6 is 23.2 Å². The lowest BCUT2D eigenvalue weighted by Gasteiger charge is -2.29. The van der Waals surface area contributed by atoms with Crippen LogP contribution in [0.2, 0.25) is 10.0 Å². The number of ether oxygens (including phenoxy) is 3. The molecule has 1 saturated carbocycles. The van der Waals surface area contributed by atoms with E-state index in [-0.39, 0.29) is 23.3 Å². The monoisotopic (exact) mass is 578 g/mol.